The molecule has 28 heavy (non-hydrogen) atoms. The first-order chi connectivity index (χ1) is 13.5. The molecule has 1 aliphatic rings. The zero-order valence-electron chi connectivity index (χ0n) is 16.9. The number of carbonyl (C=O) groups excluding carboxylic acids is 2. The molecule has 2 aromatic rings. The Morgan fingerprint density at radius 1 is 1.14 bits per heavy atom. The summed E-state index contributed by atoms with van der Waals surface area (Å²) in [5.41, 5.74) is 3.94. The summed E-state index contributed by atoms with van der Waals surface area (Å²) in [6.45, 7) is 6.70. The standard InChI is InChI=1S/C23H29N3O2/c1-4-7-17-10-12-18(13-11-17)23(16(2)3)24-14-22(28)26-15-21(27)25-19-8-5-6-9-20(19)26/h5-6,8-13,16,23-24H,4,7,14-15H2,1-3H3,(H,25,27)/t23-/m0/s1. The second-order valence-corrected chi connectivity index (χ2v) is 7.64. The lowest BCUT2D eigenvalue weighted by Gasteiger charge is -2.30. The first-order valence-electron chi connectivity index (χ1n) is 10.0. The van der Waals surface area contributed by atoms with E-state index in [1.165, 1.54) is 11.1 Å². The molecular weight excluding hydrogens is 350 g/mol. The fraction of sp³-hybridized carbons (Fsp3) is 0.391. The van der Waals surface area contributed by atoms with Crippen LogP contribution in [-0.2, 0) is 16.0 Å². The molecule has 0 bridgehead atoms. The van der Waals surface area contributed by atoms with Crippen molar-refractivity contribution in [3.8, 4) is 0 Å². The maximum atomic E-state index is 12.9. The lowest BCUT2D eigenvalue weighted by molar-refractivity contribution is -0.121. The number of aryl methyl sites for hydroxylation is 1. The number of nitrogens with one attached hydrogen (secondary N) is 2. The minimum absolute atomic E-state index is 0.0512. The summed E-state index contributed by atoms with van der Waals surface area (Å²) < 4.78 is 0. The third-order valence-corrected chi connectivity index (χ3v) is 5.09. The van der Waals surface area contributed by atoms with Crippen LogP contribution in [0.25, 0.3) is 0 Å². The van der Waals surface area contributed by atoms with Crippen LogP contribution in [-0.4, -0.2) is 24.9 Å². The SMILES string of the molecule is CCCc1ccc([C@@H](NCC(=O)N2CC(=O)Nc3ccccc32)C(C)C)cc1. The van der Waals surface area contributed by atoms with Crippen LogP contribution in [0.4, 0.5) is 11.4 Å². The lowest BCUT2D eigenvalue weighted by atomic mass is 9.94. The van der Waals surface area contributed by atoms with Gasteiger partial charge in [0.2, 0.25) is 11.8 Å². The number of anilines is 2. The fourth-order valence-corrected chi connectivity index (χ4v) is 3.67. The van der Waals surface area contributed by atoms with Gasteiger partial charge in [-0.15, -0.1) is 0 Å². The van der Waals surface area contributed by atoms with Crippen molar-refractivity contribution in [2.45, 2.75) is 39.7 Å². The Balaban J connectivity index is 1.70. The van der Waals surface area contributed by atoms with Gasteiger partial charge < -0.3 is 10.6 Å². The van der Waals surface area contributed by atoms with Crippen molar-refractivity contribution < 1.29 is 9.59 Å². The number of nitrogens with zero attached hydrogens (tertiary/aromatic N) is 1. The van der Waals surface area contributed by atoms with Crippen LogP contribution >= 0.6 is 0 Å². The first-order valence-corrected chi connectivity index (χ1v) is 10.0. The van der Waals surface area contributed by atoms with Crippen LogP contribution in [0.3, 0.4) is 0 Å². The van der Waals surface area contributed by atoms with Crippen molar-refractivity contribution in [1.29, 1.82) is 0 Å². The molecule has 0 spiro atoms. The second-order valence-electron chi connectivity index (χ2n) is 7.64. The molecule has 3 rings (SSSR count). The summed E-state index contributed by atoms with van der Waals surface area (Å²) in [6, 6.07) is 16.1. The highest BCUT2D eigenvalue weighted by Gasteiger charge is 2.27. The number of hydrogen-bond donors (Lipinski definition) is 2. The van der Waals surface area contributed by atoms with E-state index < -0.39 is 0 Å². The lowest BCUT2D eigenvalue weighted by Crippen LogP contribution is -2.46. The molecule has 2 aromatic carbocycles. The van der Waals surface area contributed by atoms with Gasteiger partial charge in [0.1, 0.15) is 6.54 Å². The number of benzene rings is 2. The van der Waals surface area contributed by atoms with Gasteiger partial charge in [-0.1, -0.05) is 63.6 Å². The number of amides is 2. The molecule has 0 saturated carbocycles. The fourth-order valence-electron chi connectivity index (χ4n) is 3.67. The summed E-state index contributed by atoms with van der Waals surface area (Å²) in [7, 11) is 0. The molecule has 1 aliphatic heterocycles. The van der Waals surface area contributed by atoms with E-state index in [-0.39, 0.29) is 30.9 Å². The predicted octanol–water partition coefficient (Wildman–Crippen LogP) is 3.91. The maximum absolute atomic E-state index is 12.9. The molecule has 0 unspecified atom stereocenters. The molecule has 0 saturated heterocycles. The van der Waals surface area contributed by atoms with E-state index in [2.05, 4.69) is 55.7 Å². The van der Waals surface area contributed by atoms with Crippen LogP contribution in [0.15, 0.2) is 48.5 Å². The summed E-state index contributed by atoms with van der Waals surface area (Å²) >= 11 is 0. The summed E-state index contributed by atoms with van der Waals surface area (Å²) in [5, 5.41) is 6.22. The van der Waals surface area contributed by atoms with Gasteiger partial charge in [-0.25, -0.2) is 0 Å². The second kappa shape index (κ2) is 9.02. The molecule has 0 radical (unpaired) electrons. The molecule has 148 valence electrons. The van der Waals surface area contributed by atoms with Gasteiger partial charge in [-0.05, 0) is 35.6 Å². The van der Waals surface area contributed by atoms with E-state index in [0.717, 1.165) is 18.5 Å². The van der Waals surface area contributed by atoms with Gasteiger partial charge in [-0.2, -0.15) is 0 Å². The molecule has 0 fully saturated rings. The molecule has 1 atom stereocenters. The smallest absolute Gasteiger partial charge is 0.244 e. The van der Waals surface area contributed by atoms with Crippen LogP contribution < -0.4 is 15.5 Å². The molecule has 0 aliphatic carbocycles. The normalized spacial score (nSPS) is 14.6. The number of fused-ring (bicyclic) bond motifs is 1. The number of hydrogen-bond acceptors (Lipinski definition) is 3. The van der Waals surface area contributed by atoms with Crippen molar-refractivity contribution >= 4 is 23.2 Å². The zero-order chi connectivity index (χ0) is 20.1. The van der Waals surface area contributed by atoms with E-state index >= 15 is 0 Å². The Morgan fingerprint density at radius 2 is 1.86 bits per heavy atom. The highest BCUT2D eigenvalue weighted by atomic mass is 16.2. The number of para-hydroxylation sites is 2. The molecule has 1 heterocycles. The Kier molecular flexibility index (Phi) is 6.47. The van der Waals surface area contributed by atoms with E-state index in [1.807, 2.05) is 24.3 Å². The van der Waals surface area contributed by atoms with Gasteiger partial charge in [0.15, 0.2) is 0 Å². The van der Waals surface area contributed by atoms with Crippen molar-refractivity contribution in [2.24, 2.45) is 5.92 Å². The molecule has 2 amide bonds. The third kappa shape index (κ3) is 4.60. The van der Waals surface area contributed by atoms with Crippen LogP contribution in [0.5, 0.6) is 0 Å². The van der Waals surface area contributed by atoms with Gasteiger partial charge in [0.25, 0.3) is 0 Å². The van der Waals surface area contributed by atoms with Crippen LogP contribution in [0.1, 0.15) is 44.4 Å². The largest absolute Gasteiger partial charge is 0.323 e. The van der Waals surface area contributed by atoms with Gasteiger partial charge in [0.05, 0.1) is 17.9 Å². The first kappa shape index (κ1) is 20.1. The van der Waals surface area contributed by atoms with Crippen molar-refractivity contribution in [1.82, 2.24) is 5.32 Å². The van der Waals surface area contributed by atoms with Crippen LogP contribution in [0, 0.1) is 5.92 Å². The zero-order valence-corrected chi connectivity index (χ0v) is 16.9. The average Bonchev–Trinajstić information content (AvgIpc) is 2.68. The topological polar surface area (TPSA) is 61.4 Å². The van der Waals surface area contributed by atoms with E-state index in [9.17, 15) is 9.59 Å². The monoisotopic (exact) mass is 379 g/mol. The Labute approximate surface area is 167 Å². The Morgan fingerprint density at radius 3 is 2.54 bits per heavy atom. The minimum Gasteiger partial charge on any atom is -0.323 e. The van der Waals surface area contributed by atoms with Crippen molar-refractivity contribution in [2.75, 3.05) is 23.3 Å². The Bertz CT molecular complexity index is 830. The molecular formula is C23H29N3O2. The quantitative estimate of drug-likeness (QED) is 0.767. The molecule has 5 nitrogen and oxygen atoms in total. The molecule has 0 aromatic heterocycles. The minimum atomic E-state index is -0.168. The van der Waals surface area contributed by atoms with Gasteiger partial charge in [0, 0.05) is 6.04 Å². The predicted molar refractivity (Wildman–Crippen MR) is 113 cm³/mol. The van der Waals surface area contributed by atoms with Crippen molar-refractivity contribution in [3.63, 3.8) is 0 Å². The maximum Gasteiger partial charge on any atom is 0.244 e. The molecule has 5 heteroatoms. The van der Waals surface area contributed by atoms with E-state index in [4.69, 9.17) is 0 Å². The highest BCUT2D eigenvalue weighted by Crippen LogP contribution is 2.29. The highest BCUT2D eigenvalue weighted by molar-refractivity contribution is 6.10. The van der Waals surface area contributed by atoms with Gasteiger partial charge >= 0.3 is 0 Å². The average molecular weight is 380 g/mol. The number of carbonyl (C=O) groups is 2. The van der Waals surface area contributed by atoms with Crippen molar-refractivity contribution in [3.05, 3.63) is 59.7 Å². The van der Waals surface area contributed by atoms with E-state index in [0.29, 0.717) is 11.6 Å². The van der Waals surface area contributed by atoms with Gasteiger partial charge in [-0.3, -0.25) is 14.5 Å². The summed E-state index contributed by atoms with van der Waals surface area (Å²) in [6.07, 6.45) is 2.21. The Hall–Kier alpha value is -2.66. The van der Waals surface area contributed by atoms with Crippen LogP contribution in [0.2, 0.25) is 0 Å². The summed E-state index contributed by atoms with van der Waals surface area (Å²) in [5.74, 6) is 0.0660. The number of rotatable bonds is 7. The summed E-state index contributed by atoms with van der Waals surface area (Å²) in [4.78, 5) is 26.4. The van der Waals surface area contributed by atoms with E-state index in [1.54, 1.807) is 4.90 Å². The molecule has 2 N–H and O–H groups in total. The third-order valence-electron chi connectivity index (χ3n) is 5.09.